The van der Waals surface area contributed by atoms with Gasteiger partial charge in [0.2, 0.25) is 5.91 Å². The second kappa shape index (κ2) is 8.05. The van der Waals surface area contributed by atoms with Gasteiger partial charge in [-0.3, -0.25) is 4.79 Å². The van der Waals surface area contributed by atoms with Crippen LogP contribution < -0.4 is 11.1 Å². The largest absolute Gasteiger partial charge is 0.356 e. The maximum Gasteiger partial charge on any atom is 0.221 e. The molecule has 0 aromatic carbocycles. The molecule has 0 aliphatic heterocycles. The van der Waals surface area contributed by atoms with Gasteiger partial charge in [0.15, 0.2) is 0 Å². The number of amides is 1. The van der Waals surface area contributed by atoms with E-state index in [0.717, 1.165) is 0 Å². The molecule has 0 aromatic rings. The molecule has 0 saturated carbocycles. The molecule has 13 heavy (non-hydrogen) atoms. The molecule has 0 radical (unpaired) electrons. The Balaban J connectivity index is 0. The van der Waals surface area contributed by atoms with E-state index >= 15 is 0 Å². The van der Waals surface area contributed by atoms with Crippen molar-refractivity contribution in [3.05, 3.63) is 0 Å². The SMILES string of the molecule is CC.CC(C)(C)CNC(=O)CCN. The molecule has 0 unspecified atom stereocenters. The Bertz CT molecular complexity index is 127. The lowest BCUT2D eigenvalue weighted by Gasteiger charge is -2.18. The van der Waals surface area contributed by atoms with Crippen LogP contribution in [-0.2, 0) is 4.79 Å². The van der Waals surface area contributed by atoms with Crippen LogP contribution >= 0.6 is 0 Å². The molecule has 0 saturated heterocycles. The molecule has 0 atom stereocenters. The molecule has 3 nitrogen and oxygen atoms in total. The quantitative estimate of drug-likeness (QED) is 0.705. The number of nitrogens with two attached hydrogens (primary N) is 1. The molecule has 1 amide bonds. The first-order valence-corrected chi connectivity index (χ1v) is 4.92. The third-order valence-corrected chi connectivity index (χ3v) is 1.19. The van der Waals surface area contributed by atoms with Gasteiger partial charge in [-0.25, -0.2) is 0 Å². The van der Waals surface area contributed by atoms with Gasteiger partial charge in [-0.2, -0.15) is 0 Å². The van der Waals surface area contributed by atoms with Crippen molar-refractivity contribution < 1.29 is 4.79 Å². The Morgan fingerprint density at radius 2 is 1.77 bits per heavy atom. The summed E-state index contributed by atoms with van der Waals surface area (Å²) in [5, 5.41) is 2.80. The van der Waals surface area contributed by atoms with Crippen LogP contribution in [0.4, 0.5) is 0 Å². The molecule has 0 aliphatic rings. The standard InChI is InChI=1S/C8H18N2O.C2H6/c1-8(2,3)6-10-7(11)4-5-9;1-2/h4-6,9H2,1-3H3,(H,10,11);1-2H3. The van der Waals surface area contributed by atoms with Crippen molar-refractivity contribution in [1.82, 2.24) is 5.32 Å². The van der Waals surface area contributed by atoms with E-state index in [-0.39, 0.29) is 11.3 Å². The van der Waals surface area contributed by atoms with Crippen LogP contribution in [-0.4, -0.2) is 19.0 Å². The van der Waals surface area contributed by atoms with Crippen molar-refractivity contribution in [2.45, 2.75) is 41.0 Å². The van der Waals surface area contributed by atoms with Gasteiger partial charge in [-0.05, 0) is 5.41 Å². The number of rotatable bonds is 3. The number of hydrogen-bond acceptors (Lipinski definition) is 2. The number of nitrogens with one attached hydrogen (secondary N) is 1. The van der Waals surface area contributed by atoms with Crippen molar-refractivity contribution in [2.75, 3.05) is 13.1 Å². The Morgan fingerprint density at radius 1 is 1.31 bits per heavy atom. The third-order valence-electron chi connectivity index (χ3n) is 1.19. The summed E-state index contributed by atoms with van der Waals surface area (Å²) in [6.45, 7) is 11.4. The molecule has 0 aromatic heterocycles. The topological polar surface area (TPSA) is 55.1 Å². The zero-order valence-corrected chi connectivity index (χ0v) is 9.61. The van der Waals surface area contributed by atoms with Crippen molar-refractivity contribution >= 4 is 5.91 Å². The average molecular weight is 188 g/mol. The predicted molar refractivity (Wildman–Crippen MR) is 57.5 cm³/mol. The van der Waals surface area contributed by atoms with E-state index in [1.54, 1.807) is 0 Å². The highest BCUT2D eigenvalue weighted by Gasteiger charge is 2.10. The van der Waals surface area contributed by atoms with Crippen LogP contribution in [0.15, 0.2) is 0 Å². The Hall–Kier alpha value is -0.570. The summed E-state index contributed by atoms with van der Waals surface area (Å²) in [7, 11) is 0. The van der Waals surface area contributed by atoms with Gasteiger partial charge in [-0.15, -0.1) is 0 Å². The molecule has 0 heterocycles. The fourth-order valence-electron chi connectivity index (χ4n) is 0.583. The minimum Gasteiger partial charge on any atom is -0.356 e. The summed E-state index contributed by atoms with van der Waals surface area (Å²) >= 11 is 0. The minimum atomic E-state index is 0.0439. The smallest absolute Gasteiger partial charge is 0.221 e. The second-order valence-electron chi connectivity index (χ2n) is 3.88. The molecule has 0 fully saturated rings. The number of carbonyl (C=O) groups is 1. The van der Waals surface area contributed by atoms with Crippen molar-refractivity contribution in [3.63, 3.8) is 0 Å². The third kappa shape index (κ3) is 14.3. The molecular weight excluding hydrogens is 164 g/mol. The Kier molecular flexibility index (Phi) is 9.24. The molecule has 0 rings (SSSR count). The lowest BCUT2D eigenvalue weighted by molar-refractivity contribution is -0.121. The molecule has 0 spiro atoms. The van der Waals surface area contributed by atoms with Crippen molar-refractivity contribution in [2.24, 2.45) is 11.1 Å². The van der Waals surface area contributed by atoms with Gasteiger partial charge in [-0.1, -0.05) is 34.6 Å². The summed E-state index contributed by atoms with van der Waals surface area (Å²) < 4.78 is 0. The van der Waals surface area contributed by atoms with Gasteiger partial charge in [0.05, 0.1) is 0 Å². The Labute approximate surface area is 82.1 Å². The number of hydrogen-bond donors (Lipinski definition) is 2. The van der Waals surface area contributed by atoms with Crippen LogP contribution in [0, 0.1) is 5.41 Å². The molecule has 0 bridgehead atoms. The molecule has 80 valence electrons. The van der Waals surface area contributed by atoms with Gasteiger partial charge in [0.1, 0.15) is 0 Å². The summed E-state index contributed by atoms with van der Waals surface area (Å²) in [4.78, 5) is 10.9. The van der Waals surface area contributed by atoms with Crippen molar-refractivity contribution in [3.8, 4) is 0 Å². The predicted octanol–water partition coefficient (Wildman–Crippen LogP) is 1.52. The lowest BCUT2D eigenvalue weighted by atomic mass is 9.97. The summed E-state index contributed by atoms with van der Waals surface area (Å²) in [6.07, 6.45) is 0.427. The zero-order valence-electron chi connectivity index (χ0n) is 9.61. The van der Waals surface area contributed by atoms with Crippen LogP contribution in [0.25, 0.3) is 0 Å². The van der Waals surface area contributed by atoms with Crippen LogP contribution in [0.5, 0.6) is 0 Å². The normalized spacial score (nSPS) is 10.0. The van der Waals surface area contributed by atoms with E-state index in [4.69, 9.17) is 5.73 Å². The summed E-state index contributed by atoms with van der Waals surface area (Å²) in [5.74, 6) is 0.0439. The fourth-order valence-corrected chi connectivity index (χ4v) is 0.583. The fraction of sp³-hybridized carbons (Fsp3) is 0.900. The molecular formula is C10H24N2O. The molecule has 3 N–H and O–H groups in total. The van der Waals surface area contributed by atoms with E-state index in [0.29, 0.717) is 19.5 Å². The highest BCUT2D eigenvalue weighted by molar-refractivity contribution is 5.76. The molecule has 0 aliphatic carbocycles. The van der Waals surface area contributed by atoms with Gasteiger partial charge < -0.3 is 11.1 Å². The maximum absolute atomic E-state index is 10.9. The number of carbonyl (C=O) groups excluding carboxylic acids is 1. The van der Waals surface area contributed by atoms with E-state index in [1.807, 2.05) is 13.8 Å². The van der Waals surface area contributed by atoms with Crippen molar-refractivity contribution in [1.29, 1.82) is 0 Å². The first-order chi connectivity index (χ1) is 5.95. The van der Waals surface area contributed by atoms with Crippen LogP contribution in [0.2, 0.25) is 0 Å². The first kappa shape index (κ1) is 14.9. The highest BCUT2D eigenvalue weighted by atomic mass is 16.1. The van der Waals surface area contributed by atoms with Gasteiger partial charge >= 0.3 is 0 Å². The lowest BCUT2D eigenvalue weighted by Crippen LogP contribution is -2.33. The van der Waals surface area contributed by atoms with Gasteiger partial charge in [0.25, 0.3) is 0 Å². The average Bonchev–Trinajstić information content (AvgIpc) is 2.04. The minimum absolute atomic E-state index is 0.0439. The zero-order chi connectivity index (χ0) is 10.9. The first-order valence-electron chi connectivity index (χ1n) is 4.92. The summed E-state index contributed by atoms with van der Waals surface area (Å²) in [6, 6.07) is 0. The second-order valence-corrected chi connectivity index (χ2v) is 3.88. The van der Waals surface area contributed by atoms with Gasteiger partial charge in [0, 0.05) is 19.5 Å². The van der Waals surface area contributed by atoms with E-state index in [9.17, 15) is 4.79 Å². The van der Waals surface area contributed by atoms with E-state index in [2.05, 4.69) is 26.1 Å². The van der Waals surface area contributed by atoms with Crippen LogP contribution in [0.3, 0.4) is 0 Å². The van der Waals surface area contributed by atoms with E-state index < -0.39 is 0 Å². The monoisotopic (exact) mass is 188 g/mol. The van der Waals surface area contributed by atoms with E-state index in [1.165, 1.54) is 0 Å². The summed E-state index contributed by atoms with van der Waals surface area (Å²) in [5.41, 5.74) is 5.36. The highest BCUT2D eigenvalue weighted by Crippen LogP contribution is 2.09. The molecule has 3 heteroatoms. The van der Waals surface area contributed by atoms with Crippen LogP contribution in [0.1, 0.15) is 41.0 Å². The Morgan fingerprint density at radius 3 is 2.08 bits per heavy atom. The maximum atomic E-state index is 10.9.